The normalized spacial score (nSPS) is 10.3. The number of benzene rings is 2. The van der Waals surface area contributed by atoms with Crippen molar-refractivity contribution in [2.24, 2.45) is 0 Å². The molecule has 1 N–H and O–H groups in total. The highest BCUT2D eigenvalue weighted by atomic mass is 19.1. The van der Waals surface area contributed by atoms with Crippen molar-refractivity contribution < 1.29 is 27.8 Å². The second-order valence-electron chi connectivity index (χ2n) is 5.41. The fraction of sp³-hybridized carbons (Fsp3) is 0.222. The molecule has 0 saturated carbocycles. The number of carbonyl (C=O) groups is 2. The largest absolute Gasteiger partial charge is 0.483 e. The third-order valence-electron chi connectivity index (χ3n) is 3.44. The number of halogens is 2. The molecule has 0 aromatic heterocycles. The van der Waals surface area contributed by atoms with E-state index in [-0.39, 0.29) is 12.3 Å². The molecule has 0 bridgehead atoms. The number of methoxy groups -OCH3 is 1. The summed E-state index contributed by atoms with van der Waals surface area (Å²) in [6, 6.07) is 6.92. The van der Waals surface area contributed by atoms with E-state index >= 15 is 0 Å². The number of ether oxygens (including phenoxy) is 2. The lowest BCUT2D eigenvalue weighted by Gasteiger charge is -2.11. The average molecular weight is 349 g/mol. The van der Waals surface area contributed by atoms with Crippen LogP contribution in [0.2, 0.25) is 0 Å². The number of amides is 1. The van der Waals surface area contributed by atoms with Gasteiger partial charge in [0.15, 0.2) is 6.61 Å². The molecule has 0 atom stereocenters. The predicted molar refractivity (Wildman–Crippen MR) is 87.7 cm³/mol. The second kappa shape index (κ2) is 7.74. The van der Waals surface area contributed by atoms with Crippen LogP contribution in [0.5, 0.6) is 5.75 Å². The first kappa shape index (κ1) is 18.4. The van der Waals surface area contributed by atoms with Gasteiger partial charge in [-0.05, 0) is 37.1 Å². The molecule has 0 unspecified atom stereocenters. The zero-order chi connectivity index (χ0) is 18.6. The number of esters is 1. The Hall–Kier alpha value is -2.96. The van der Waals surface area contributed by atoms with Gasteiger partial charge in [0.05, 0.1) is 18.4 Å². The van der Waals surface area contributed by atoms with Crippen LogP contribution in [-0.4, -0.2) is 25.6 Å². The van der Waals surface area contributed by atoms with Gasteiger partial charge < -0.3 is 14.8 Å². The number of carbonyl (C=O) groups excluding carboxylic acids is 2. The fourth-order valence-corrected chi connectivity index (χ4v) is 2.10. The van der Waals surface area contributed by atoms with Crippen molar-refractivity contribution in [1.29, 1.82) is 0 Å². The molecule has 132 valence electrons. The summed E-state index contributed by atoms with van der Waals surface area (Å²) in [7, 11) is 1.07. The smallest absolute Gasteiger partial charge is 0.340 e. The van der Waals surface area contributed by atoms with E-state index < -0.39 is 29.1 Å². The van der Waals surface area contributed by atoms with E-state index in [4.69, 9.17) is 4.74 Å². The highest BCUT2D eigenvalue weighted by Gasteiger charge is 2.18. The Bertz CT molecular complexity index is 821. The first-order chi connectivity index (χ1) is 11.8. The minimum absolute atomic E-state index is 0.337. The van der Waals surface area contributed by atoms with E-state index in [1.54, 1.807) is 6.07 Å². The minimum Gasteiger partial charge on any atom is -0.483 e. The van der Waals surface area contributed by atoms with Crippen LogP contribution in [0.3, 0.4) is 0 Å². The van der Waals surface area contributed by atoms with Crippen LogP contribution in [0, 0.1) is 25.5 Å². The molecule has 5 nitrogen and oxygen atoms in total. The molecular formula is C18H17F2NO4. The first-order valence-electron chi connectivity index (χ1n) is 7.39. The molecule has 0 fully saturated rings. The lowest BCUT2D eigenvalue weighted by molar-refractivity contribution is -0.118. The van der Waals surface area contributed by atoms with Gasteiger partial charge in [-0.3, -0.25) is 4.79 Å². The topological polar surface area (TPSA) is 64.6 Å². The second-order valence-corrected chi connectivity index (χ2v) is 5.41. The molecule has 2 aromatic rings. The Kier molecular flexibility index (Phi) is 5.69. The zero-order valence-electron chi connectivity index (χ0n) is 14.0. The monoisotopic (exact) mass is 349 g/mol. The van der Waals surface area contributed by atoms with Gasteiger partial charge in [0, 0.05) is 6.07 Å². The molecule has 0 spiro atoms. The number of nitrogens with one attached hydrogen (secondary N) is 1. The molecule has 0 radical (unpaired) electrons. The van der Waals surface area contributed by atoms with Crippen molar-refractivity contribution >= 4 is 17.6 Å². The highest BCUT2D eigenvalue weighted by molar-refractivity contribution is 5.95. The SMILES string of the molecule is COC(=O)c1cc(NC(=O)COc2cc(C)ccc2C)c(F)cc1F. The van der Waals surface area contributed by atoms with E-state index in [1.807, 2.05) is 26.0 Å². The summed E-state index contributed by atoms with van der Waals surface area (Å²) in [5, 5.41) is 2.25. The summed E-state index contributed by atoms with van der Waals surface area (Å²) < 4.78 is 37.2. The molecule has 0 aliphatic rings. The Balaban J connectivity index is 2.10. The van der Waals surface area contributed by atoms with E-state index in [0.717, 1.165) is 24.3 Å². The van der Waals surface area contributed by atoms with Gasteiger partial charge in [-0.25, -0.2) is 13.6 Å². The van der Waals surface area contributed by atoms with Gasteiger partial charge in [0.25, 0.3) is 5.91 Å². The number of anilines is 1. The van der Waals surface area contributed by atoms with Crippen LogP contribution < -0.4 is 10.1 Å². The van der Waals surface area contributed by atoms with Crippen molar-refractivity contribution in [1.82, 2.24) is 0 Å². The maximum absolute atomic E-state index is 13.8. The fourth-order valence-electron chi connectivity index (χ4n) is 2.10. The quantitative estimate of drug-likeness (QED) is 0.841. The van der Waals surface area contributed by atoms with E-state index in [2.05, 4.69) is 10.1 Å². The van der Waals surface area contributed by atoms with Crippen molar-refractivity contribution in [2.75, 3.05) is 19.0 Å². The van der Waals surface area contributed by atoms with Crippen molar-refractivity contribution in [2.45, 2.75) is 13.8 Å². The van der Waals surface area contributed by atoms with Gasteiger partial charge in [-0.2, -0.15) is 0 Å². The van der Waals surface area contributed by atoms with Gasteiger partial charge in [0.1, 0.15) is 17.4 Å². The number of hydrogen-bond acceptors (Lipinski definition) is 4. The summed E-state index contributed by atoms with van der Waals surface area (Å²) in [5.41, 5.74) is 0.999. The molecule has 1 amide bonds. The summed E-state index contributed by atoms with van der Waals surface area (Å²) in [5.74, 6) is -3.17. The lowest BCUT2D eigenvalue weighted by Crippen LogP contribution is -2.21. The molecule has 25 heavy (non-hydrogen) atoms. The van der Waals surface area contributed by atoms with Crippen molar-refractivity contribution in [3.63, 3.8) is 0 Å². The van der Waals surface area contributed by atoms with Gasteiger partial charge >= 0.3 is 5.97 Å². The van der Waals surface area contributed by atoms with Crippen LogP contribution in [0.1, 0.15) is 21.5 Å². The molecule has 7 heteroatoms. The molecule has 0 aliphatic carbocycles. The Labute approximate surface area is 143 Å². The van der Waals surface area contributed by atoms with Crippen molar-refractivity contribution in [3.8, 4) is 5.75 Å². The zero-order valence-corrected chi connectivity index (χ0v) is 14.0. The molecule has 0 saturated heterocycles. The van der Waals surface area contributed by atoms with Crippen LogP contribution in [0.25, 0.3) is 0 Å². The first-order valence-corrected chi connectivity index (χ1v) is 7.39. The van der Waals surface area contributed by atoms with Gasteiger partial charge in [0.2, 0.25) is 0 Å². The Morgan fingerprint density at radius 2 is 1.80 bits per heavy atom. The van der Waals surface area contributed by atoms with E-state index in [0.29, 0.717) is 11.8 Å². The third-order valence-corrected chi connectivity index (χ3v) is 3.44. The van der Waals surface area contributed by atoms with Crippen LogP contribution in [0.15, 0.2) is 30.3 Å². The standard InChI is InChI=1S/C18H17F2NO4/c1-10-4-5-11(2)16(6-10)25-9-17(22)21-15-7-12(18(23)24-3)13(19)8-14(15)20/h4-8H,9H2,1-3H3,(H,21,22). The summed E-state index contributed by atoms with van der Waals surface area (Å²) >= 11 is 0. The Morgan fingerprint density at radius 3 is 2.48 bits per heavy atom. The van der Waals surface area contributed by atoms with Gasteiger partial charge in [-0.1, -0.05) is 12.1 Å². The molecule has 2 aromatic carbocycles. The number of rotatable bonds is 5. The maximum Gasteiger partial charge on any atom is 0.340 e. The average Bonchev–Trinajstić information content (AvgIpc) is 2.57. The van der Waals surface area contributed by atoms with Crippen LogP contribution in [0.4, 0.5) is 14.5 Å². The predicted octanol–water partition coefficient (Wildman–Crippen LogP) is 3.39. The van der Waals surface area contributed by atoms with Gasteiger partial charge in [-0.15, -0.1) is 0 Å². The summed E-state index contributed by atoms with van der Waals surface area (Å²) in [4.78, 5) is 23.4. The number of aryl methyl sites for hydroxylation is 2. The third kappa shape index (κ3) is 4.53. The molecule has 2 rings (SSSR count). The van der Waals surface area contributed by atoms with Crippen LogP contribution >= 0.6 is 0 Å². The number of hydrogen-bond donors (Lipinski definition) is 1. The molecule has 0 heterocycles. The lowest BCUT2D eigenvalue weighted by atomic mass is 10.1. The highest BCUT2D eigenvalue weighted by Crippen LogP contribution is 2.21. The maximum atomic E-state index is 13.8. The van der Waals surface area contributed by atoms with Crippen LogP contribution in [-0.2, 0) is 9.53 Å². The van der Waals surface area contributed by atoms with E-state index in [1.165, 1.54) is 0 Å². The molecular weight excluding hydrogens is 332 g/mol. The van der Waals surface area contributed by atoms with E-state index in [9.17, 15) is 18.4 Å². The van der Waals surface area contributed by atoms with Crippen molar-refractivity contribution in [3.05, 3.63) is 58.7 Å². The molecule has 0 aliphatic heterocycles. The summed E-state index contributed by atoms with van der Waals surface area (Å²) in [6.45, 7) is 3.35. The summed E-state index contributed by atoms with van der Waals surface area (Å²) in [6.07, 6.45) is 0. The Morgan fingerprint density at radius 1 is 1.08 bits per heavy atom. The minimum atomic E-state index is -1.08.